The van der Waals surface area contributed by atoms with Crippen LogP contribution in [-0.2, 0) is 4.79 Å². The van der Waals surface area contributed by atoms with E-state index < -0.39 is 0 Å². The first-order valence-corrected chi connectivity index (χ1v) is 16.3. The first-order valence-electron chi connectivity index (χ1n) is 16.3. The summed E-state index contributed by atoms with van der Waals surface area (Å²) in [6.07, 6.45) is 1.63. The van der Waals surface area contributed by atoms with E-state index in [1.54, 1.807) is 6.08 Å². The van der Waals surface area contributed by atoms with Gasteiger partial charge in [0, 0.05) is 33.5 Å². The highest BCUT2D eigenvalue weighted by molar-refractivity contribution is 6.00. The van der Waals surface area contributed by atoms with Gasteiger partial charge in [-0.15, -0.1) is 0 Å². The van der Waals surface area contributed by atoms with Crippen LogP contribution in [0.1, 0.15) is 0 Å². The zero-order chi connectivity index (χ0) is 33.0. The van der Waals surface area contributed by atoms with Gasteiger partial charge in [-0.1, -0.05) is 115 Å². The van der Waals surface area contributed by atoms with Gasteiger partial charge < -0.3 is 9.80 Å². The van der Waals surface area contributed by atoms with Crippen LogP contribution in [-0.4, -0.2) is 6.08 Å². The minimum Gasteiger partial charge on any atom is -0.310 e. The van der Waals surface area contributed by atoms with Crippen molar-refractivity contribution in [1.82, 2.24) is 0 Å². The summed E-state index contributed by atoms with van der Waals surface area (Å²) in [5.41, 5.74) is 9.22. The van der Waals surface area contributed by atoms with Crippen molar-refractivity contribution in [3.63, 3.8) is 0 Å². The van der Waals surface area contributed by atoms with Crippen LogP contribution < -0.4 is 9.80 Å². The molecule has 0 N–H and O–H groups in total. The maximum absolute atomic E-state index is 10.9. The lowest BCUT2D eigenvalue weighted by Crippen LogP contribution is -2.10. The quantitative estimate of drug-likeness (QED) is 0.124. The van der Waals surface area contributed by atoms with Crippen LogP contribution in [0.4, 0.5) is 39.8 Å². The van der Waals surface area contributed by atoms with E-state index >= 15 is 0 Å². The summed E-state index contributed by atoms with van der Waals surface area (Å²) < 4.78 is 0. The average Bonchev–Trinajstić information content (AvgIpc) is 3.17. The third kappa shape index (κ3) is 5.85. The van der Waals surface area contributed by atoms with Gasteiger partial charge in [-0.3, -0.25) is 0 Å². The van der Waals surface area contributed by atoms with Crippen LogP contribution in [0.5, 0.6) is 0 Å². The summed E-state index contributed by atoms with van der Waals surface area (Å²) in [6.45, 7) is 0. The fourth-order valence-electron chi connectivity index (χ4n) is 6.57. The van der Waals surface area contributed by atoms with E-state index in [2.05, 4.69) is 179 Å². The Bertz CT molecular complexity index is 2420. The number of para-hydroxylation sites is 1. The van der Waals surface area contributed by atoms with Gasteiger partial charge >= 0.3 is 0 Å². The molecule has 0 amide bonds. The Morgan fingerprint density at radius 2 is 0.755 bits per heavy atom. The number of rotatable bonds is 8. The van der Waals surface area contributed by atoms with Gasteiger partial charge in [-0.2, -0.15) is 4.99 Å². The molecule has 0 bridgehead atoms. The third-order valence-corrected chi connectivity index (χ3v) is 8.90. The lowest BCUT2D eigenvalue weighted by atomic mass is 10.0. The van der Waals surface area contributed by atoms with E-state index in [1.807, 2.05) is 24.3 Å². The number of benzene rings is 8. The maximum atomic E-state index is 10.9. The lowest BCUT2D eigenvalue weighted by Gasteiger charge is -2.27. The summed E-state index contributed by atoms with van der Waals surface area (Å²) >= 11 is 0. The summed E-state index contributed by atoms with van der Waals surface area (Å²) in [7, 11) is 0. The molecule has 232 valence electrons. The van der Waals surface area contributed by atoms with Gasteiger partial charge in [0.15, 0.2) is 0 Å². The minimum atomic E-state index is 0.571. The molecule has 0 unspecified atom stereocenters. The third-order valence-electron chi connectivity index (χ3n) is 8.90. The smallest absolute Gasteiger partial charge is 0.240 e. The molecule has 0 heterocycles. The van der Waals surface area contributed by atoms with Gasteiger partial charge in [-0.05, 0) is 94.7 Å². The van der Waals surface area contributed by atoms with Crippen LogP contribution in [0.3, 0.4) is 0 Å². The Morgan fingerprint density at radius 1 is 0.367 bits per heavy atom. The molecule has 0 aliphatic heterocycles. The van der Waals surface area contributed by atoms with E-state index in [9.17, 15) is 4.79 Å². The molecule has 0 aliphatic carbocycles. The summed E-state index contributed by atoms with van der Waals surface area (Å²) in [6, 6.07) is 65.4. The first kappa shape index (κ1) is 29.6. The SMILES string of the molecule is O=C=Nc1ccc(N(c2ccc(-c3ccc(N(c4ccccc4)c4cccc5ccccc45)cc3)cc2)c2cccc3ccccc23)cc1. The molecule has 0 saturated heterocycles. The molecular weight excluding hydrogens is 599 g/mol. The molecule has 4 nitrogen and oxygen atoms in total. The van der Waals surface area contributed by atoms with Crippen LogP contribution in [0.2, 0.25) is 0 Å². The van der Waals surface area contributed by atoms with Crippen molar-refractivity contribution in [1.29, 1.82) is 0 Å². The van der Waals surface area contributed by atoms with Gasteiger partial charge in [0.05, 0.1) is 17.1 Å². The number of anilines is 6. The number of hydrogen-bond acceptors (Lipinski definition) is 4. The summed E-state index contributed by atoms with van der Waals surface area (Å²) in [4.78, 5) is 19.2. The van der Waals surface area contributed by atoms with Gasteiger partial charge in [0.25, 0.3) is 0 Å². The van der Waals surface area contributed by atoms with Crippen molar-refractivity contribution >= 4 is 67.4 Å². The van der Waals surface area contributed by atoms with E-state index in [0.717, 1.165) is 56.0 Å². The first-order chi connectivity index (χ1) is 24.3. The van der Waals surface area contributed by atoms with E-state index in [0.29, 0.717) is 5.69 Å². The molecule has 8 rings (SSSR count). The molecule has 0 aliphatic rings. The predicted octanol–water partition coefficient (Wildman–Crippen LogP) is 12.6. The molecule has 8 aromatic carbocycles. The van der Waals surface area contributed by atoms with Crippen LogP contribution >= 0.6 is 0 Å². The number of fused-ring (bicyclic) bond motifs is 2. The van der Waals surface area contributed by atoms with E-state index in [4.69, 9.17) is 0 Å². The van der Waals surface area contributed by atoms with Crippen molar-refractivity contribution in [3.8, 4) is 11.1 Å². The number of aliphatic imine (C=N–C) groups is 1. The van der Waals surface area contributed by atoms with Crippen LogP contribution in [0.15, 0.2) is 193 Å². The Kier molecular flexibility index (Phi) is 7.97. The fraction of sp³-hybridized carbons (Fsp3) is 0. The Hall–Kier alpha value is -6.74. The summed E-state index contributed by atoms with van der Waals surface area (Å²) in [5.74, 6) is 0. The number of nitrogens with zero attached hydrogens (tertiary/aromatic N) is 3. The molecule has 4 heteroatoms. The van der Waals surface area contributed by atoms with Gasteiger partial charge in [-0.25, -0.2) is 4.79 Å². The largest absolute Gasteiger partial charge is 0.310 e. The zero-order valence-corrected chi connectivity index (χ0v) is 26.6. The molecule has 8 aromatic rings. The highest BCUT2D eigenvalue weighted by Gasteiger charge is 2.17. The molecular formula is C45H31N3O. The standard InChI is InChI=1S/C45H31N3O/c49-32-46-37-24-30-41(31-25-37)48(45-19-9-13-36-11-5-7-17-43(36)45)40-28-22-34(23-29-40)33-20-26-39(27-21-33)47(38-14-2-1-3-15-38)44-18-8-12-35-10-4-6-16-42(35)44/h1-31H. The number of isocyanates is 1. The second kappa shape index (κ2) is 13.2. The average molecular weight is 630 g/mol. The monoisotopic (exact) mass is 629 g/mol. The minimum absolute atomic E-state index is 0.571. The normalized spacial score (nSPS) is 10.9. The van der Waals surface area contributed by atoms with Crippen LogP contribution in [0, 0.1) is 0 Å². The molecule has 49 heavy (non-hydrogen) atoms. The Balaban J connectivity index is 1.16. The number of carbonyl (C=O) groups excluding carboxylic acids is 1. The molecule has 0 saturated carbocycles. The maximum Gasteiger partial charge on any atom is 0.240 e. The Labute approximate surface area is 285 Å². The van der Waals surface area contributed by atoms with Crippen molar-refractivity contribution in [2.24, 2.45) is 4.99 Å². The van der Waals surface area contributed by atoms with Crippen molar-refractivity contribution in [2.75, 3.05) is 9.80 Å². The molecule has 0 radical (unpaired) electrons. The molecule has 0 atom stereocenters. The molecule has 0 aromatic heterocycles. The van der Waals surface area contributed by atoms with Crippen molar-refractivity contribution in [2.45, 2.75) is 0 Å². The van der Waals surface area contributed by atoms with Crippen molar-refractivity contribution < 1.29 is 4.79 Å². The fourth-order valence-corrected chi connectivity index (χ4v) is 6.57. The topological polar surface area (TPSA) is 35.9 Å². The predicted molar refractivity (Wildman–Crippen MR) is 204 cm³/mol. The Morgan fingerprint density at radius 3 is 1.22 bits per heavy atom. The molecule has 0 spiro atoms. The number of hydrogen-bond donors (Lipinski definition) is 0. The second-order valence-corrected chi connectivity index (χ2v) is 11.8. The van der Waals surface area contributed by atoms with E-state index in [1.165, 1.54) is 10.8 Å². The van der Waals surface area contributed by atoms with Gasteiger partial charge in [0.2, 0.25) is 6.08 Å². The highest BCUT2D eigenvalue weighted by Crippen LogP contribution is 2.41. The van der Waals surface area contributed by atoms with Crippen molar-refractivity contribution in [3.05, 3.63) is 188 Å². The summed E-state index contributed by atoms with van der Waals surface area (Å²) in [5, 5.41) is 4.72. The van der Waals surface area contributed by atoms with E-state index in [-0.39, 0.29) is 0 Å². The van der Waals surface area contributed by atoms with Crippen LogP contribution in [0.25, 0.3) is 32.7 Å². The molecule has 0 fully saturated rings. The van der Waals surface area contributed by atoms with Gasteiger partial charge in [0.1, 0.15) is 0 Å². The lowest BCUT2D eigenvalue weighted by molar-refractivity contribution is 0.565. The highest BCUT2D eigenvalue weighted by atomic mass is 16.1. The zero-order valence-electron chi connectivity index (χ0n) is 26.6. The second-order valence-electron chi connectivity index (χ2n) is 11.8.